The zero-order chi connectivity index (χ0) is 15.4. The predicted octanol–water partition coefficient (Wildman–Crippen LogP) is 3.27. The standard InChI is InChI=1S/C16H12ClN5/c17-15-5-1-14(2-6-15)10-22(21-11-19-20-12-21)16-7-3-13(9-18)4-8-16/h1-8,11-12H,10H2. The molecule has 6 heteroatoms. The van der Waals surface area contributed by atoms with E-state index in [4.69, 9.17) is 16.9 Å². The molecule has 1 heterocycles. The summed E-state index contributed by atoms with van der Waals surface area (Å²) in [5, 5.41) is 19.3. The Morgan fingerprint density at radius 2 is 1.64 bits per heavy atom. The second kappa shape index (κ2) is 6.29. The molecule has 0 amide bonds. The molecule has 5 nitrogen and oxygen atoms in total. The van der Waals surface area contributed by atoms with E-state index < -0.39 is 0 Å². The van der Waals surface area contributed by atoms with Gasteiger partial charge in [0.2, 0.25) is 0 Å². The molecule has 0 bridgehead atoms. The van der Waals surface area contributed by atoms with Crippen LogP contribution in [0.4, 0.5) is 5.69 Å². The van der Waals surface area contributed by atoms with E-state index in [1.54, 1.807) is 29.5 Å². The molecular formula is C16H12ClN5. The molecule has 2 aromatic carbocycles. The lowest BCUT2D eigenvalue weighted by molar-refractivity contribution is 0.686. The van der Waals surface area contributed by atoms with E-state index >= 15 is 0 Å². The van der Waals surface area contributed by atoms with Crippen molar-refractivity contribution in [3.05, 3.63) is 77.3 Å². The van der Waals surface area contributed by atoms with E-state index in [2.05, 4.69) is 16.3 Å². The van der Waals surface area contributed by atoms with Crippen molar-refractivity contribution < 1.29 is 0 Å². The first-order chi connectivity index (χ1) is 10.8. The summed E-state index contributed by atoms with van der Waals surface area (Å²) in [6, 6.07) is 17.2. The van der Waals surface area contributed by atoms with Gasteiger partial charge in [0, 0.05) is 5.02 Å². The second-order valence-corrected chi connectivity index (χ2v) is 5.12. The Hall–Kier alpha value is -2.84. The van der Waals surface area contributed by atoms with Crippen LogP contribution in [-0.4, -0.2) is 14.9 Å². The number of halogens is 1. The van der Waals surface area contributed by atoms with Crippen molar-refractivity contribution >= 4 is 17.3 Å². The van der Waals surface area contributed by atoms with E-state index in [1.165, 1.54) is 0 Å². The number of hydrogen-bond acceptors (Lipinski definition) is 4. The van der Waals surface area contributed by atoms with Crippen molar-refractivity contribution in [2.24, 2.45) is 0 Å². The summed E-state index contributed by atoms with van der Waals surface area (Å²) in [6.07, 6.45) is 3.27. The highest BCUT2D eigenvalue weighted by Crippen LogP contribution is 2.19. The van der Waals surface area contributed by atoms with E-state index in [1.807, 2.05) is 41.4 Å². The zero-order valence-corrected chi connectivity index (χ0v) is 12.4. The summed E-state index contributed by atoms with van der Waals surface area (Å²) in [4.78, 5) is 0. The lowest BCUT2D eigenvalue weighted by Gasteiger charge is -2.25. The minimum Gasteiger partial charge on any atom is -0.274 e. The molecule has 0 aliphatic carbocycles. The average molecular weight is 310 g/mol. The molecule has 22 heavy (non-hydrogen) atoms. The van der Waals surface area contributed by atoms with Crippen molar-refractivity contribution in [1.29, 1.82) is 5.26 Å². The third-order valence-electron chi connectivity index (χ3n) is 3.23. The van der Waals surface area contributed by atoms with Gasteiger partial charge < -0.3 is 0 Å². The van der Waals surface area contributed by atoms with Crippen LogP contribution < -0.4 is 5.01 Å². The molecule has 0 N–H and O–H groups in total. The topological polar surface area (TPSA) is 57.7 Å². The van der Waals surface area contributed by atoms with Crippen LogP contribution in [0.15, 0.2) is 61.2 Å². The molecule has 0 saturated carbocycles. The Morgan fingerprint density at radius 3 is 2.23 bits per heavy atom. The van der Waals surface area contributed by atoms with Crippen molar-refractivity contribution in [3.63, 3.8) is 0 Å². The monoisotopic (exact) mass is 309 g/mol. The van der Waals surface area contributed by atoms with Crippen molar-refractivity contribution in [2.45, 2.75) is 6.54 Å². The van der Waals surface area contributed by atoms with Crippen molar-refractivity contribution in [1.82, 2.24) is 14.9 Å². The van der Waals surface area contributed by atoms with E-state index in [0.29, 0.717) is 17.1 Å². The number of nitrogens with zero attached hydrogens (tertiary/aromatic N) is 5. The Bertz CT molecular complexity index is 773. The third kappa shape index (κ3) is 3.08. The van der Waals surface area contributed by atoms with Gasteiger partial charge in [-0.05, 0) is 42.0 Å². The molecule has 0 aliphatic rings. The van der Waals surface area contributed by atoms with Gasteiger partial charge in [0.15, 0.2) is 0 Å². The Labute approximate surface area is 133 Å². The summed E-state index contributed by atoms with van der Waals surface area (Å²) in [7, 11) is 0. The molecule has 108 valence electrons. The first kappa shape index (κ1) is 14.1. The van der Waals surface area contributed by atoms with Gasteiger partial charge in [-0.25, -0.2) is 4.68 Å². The molecular weight excluding hydrogens is 298 g/mol. The Kier molecular flexibility index (Phi) is 4.03. The van der Waals surface area contributed by atoms with Gasteiger partial charge in [0.1, 0.15) is 12.7 Å². The summed E-state index contributed by atoms with van der Waals surface area (Å²) >= 11 is 5.93. The lowest BCUT2D eigenvalue weighted by atomic mass is 10.2. The smallest absolute Gasteiger partial charge is 0.139 e. The first-order valence-corrected chi connectivity index (χ1v) is 7.01. The summed E-state index contributed by atoms with van der Waals surface area (Å²) < 4.78 is 1.80. The maximum absolute atomic E-state index is 8.91. The van der Waals surface area contributed by atoms with Gasteiger partial charge in [-0.15, -0.1) is 10.2 Å². The SMILES string of the molecule is N#Cc1ccc(N(Cc2ccc(Cl)cc2)n2cnnc2)cc1. The molecule has 0 aliphatic heterocycles. The number of nitriles is 1. The predicted molar refractivity (Wildman–Crippen MR) is 84.2 cm³/mol. The van der Waals surface area contributed by atoms with Gasteiger partial charge in [0.25, 0.3) is 0 Å². The number of hydrogen-bond donors (Lipinski definition) is 0. The zero-order valence-electron chi connectivity index (χ0n) is 11.6. The molecule has 3 rings (SSSR count). The van der Waals surface area contributed by atoms with Crippen molar-refractivity contribution in [3.8, 4) is 6.07 Å². The van der Waals surface area contributed by atoms with E-state index in [-0.39, 0.29) is 0 Å². The van der Waals surface area contributed by atoms with Gasteiger partial charge in [-0.1, -0.05) is 23.7 Å². The highest BCUT2D eigenvalue weighted by atomic mass is 35.5. The molecule has 0 saturated heterocycles. The Balaban J connectivity index is 1.93. The van der Waals surface area contributed by atoms with Crippen LogP contribution in [-0.2, 0) is 6.54 Å². The second-order valence-electron chi connectivity index (χ2n) is 4.68. The highest BCUT2D eigenvalue weighted by Gasteiger charge is 2.10. The maximum atomic E-state index is 8.91. The van der Waals surface area contributed by atoms with Crippen LogP contribution in [0.25, 0.3) is 0 Å². The fourth-order valence-electron chi connectivity index (χ4n) is 2.10. The van der Waals surface area contributed by atoms with Gasteiger partial charge in [0.05, 0.1) is 23.9 Å². The quantitative estimate of drug-likeness (QED) is 0.742. The number of anilines is 1. The third-order valence-corrected chi connectivity index (χ3v) is 3.48. The first-order valence-electron chi connectivity index (χ1n) is 6.63. The van der Waals surface area contributed by atoms with E-state index in [0.717, 1.165) is 11.3 Å². The number of aromatic nitrogens is 3. The van der Waals surface area contributed by atoms with Crippen LogP contribution in [0, 0.1) is 11.3 Å². The Morgan fingerprint density at radius 1 is 1.00 bits per heavy atom. The summed E-state index contributed by atoms with van der Waals surface area (Å²) in [5.74, 6) is 0. The number of benzene rings is 2. The molecule has 0 atom stereocenters. The van der Waals surface area contributed by atoms with Gasteiger partial charge in [-0.3, -0.25) is 5.01 Å². The summed E-state index contributed by atoms with van der Waals surface area (Å²) in [5.41, 5.74) is 2.66. The summed E-state index contributed by atoms with van der Waals surface area (Å²) in [6.45, 7) is 0.626. The molecule has 0 fully saturated rings. The van der Waals surface area contributed by atoms with Crippen LogP contribution in [0.3, 0.4) is 0 Å². The molecule has 0 unspecified atom stereocenters. The molecule has 1 aromatic heterocycles. The van der Waals surface area contributed by atoms with Crippen LogP contribution in [0.2, 0.25) is 5.02 Å². The molecule has 3 aromatic rings. The normalized spacial score (nSPS) is 10.2. The maximum Gasteiger partial charge on any atom is 0.139 e. The van der Waals surface area contributed by atoms with Crippen molar-refractivity contribution in [2.75, 3.05) is 5.01 Å². The van der Waals surface area contributed by atoms with Crippen LogP contribution >= 0.6 is 11.6 Å². The highest BCUT2D eigenvalue weighted by molar-refractivity contribution is 6.30. The molecule has 0 spiro atoms. The minimum atomic E-state index is 0.624. The van der Waals surface area contributed by atoms with Gasteiger partial charge >= 0.3 is 0 Å². The largest absolute Gasteiger partial charge is 0.274 e. The average Bonchev–Trinajstić information content (AvgIpc) is 3.09. The van der Waals surface area contributed by atoms with Gasteiger partial charge in [-0.2, -0.15) is 5.26 Å². The van der Waals surface area contributed by atoms with E-state index in [9.17, 15) is 0 Å². The lowest BCUT2D eigenvalue weighted by Crippen LogP contribution is -2.27. The fraction of sp³-hybridized carbons (Fsp3) is 0.0625. The molecule has 0 radical (unpaired) electrons. The van der Waals surface area contributed by atoms with Crippen LogP contribution in [0.5, 0.6) is 0 Å². The minimum absolute atomic E-state index is 0.624. The number of rotatable bonds is 4. The van der Waals surface area contributed by atoms with Crippen LogP contribution in [0.1, 0.15) is 11.1 Å². The fourth-order valence-corrected chi connectivity index (χ4v) is 2.22.